The largest absolute Gasteiger partial charge is 0.464 e. The van der Waals surface area contributed by atoms with Gasteiger partial charge in [0.1, 0.15) is 11.4 Å². The minimum atomic E-state index is -0.236. The van der Waals surface area contributed by atoms with E-state index in [0.29, 0.717) is 6.61 Å². The van der Waals surface area contributed by atoms with E-state index in [1.54, 1.807) is 12.3 Å². The van der Waals surface area contributed by atoms with E-state index in [1.165, 1.54) is 17.7 Å². The molecule has 1 aliphatic heterocycles. The molecule has 0 aliphatic carbocycles. The molecule has 0 N–H and O–H groups in total. The van der Waals surface area contributed by atoms with Crippen LogP contribution in [0.5, 0.6) is 0 Å². The Morgan fingerprint density at radius 2 is 2.25 bits per heavy atom. The van der Waals surface area contributed by atoms with Gasteiger partial charge in [0.15, 0.2) is 0 Å². The molecule has 2 heterocycles. The molecule has 1 aromatic carbocycles. The zero-order valence-corrected chi connectivity index (χ0v) is 8.70. The molecule has 0 atom stereocenters. The predicted octanol–water partition coefficient (Wildman–Crippen LogP) is 3.38. The minimum absolute atomic E-state index is 0.236. The molecular formula is C13H11FO2. The number of hydrogen-bond acceptors (Lipinski definition) is 2. The quantitative estimate of drug-likeness (QED) is 0.732. The summed E-state index contributed by atoms with van der Waals surface area (Å²) in [6, 6.07) is 4.74. The molecule has 3 heteroatoms. The number of fused-ring (bicyclic) bond motifs is 1. The first-order valence-corrected chi connectivity index (χ1v) is 5.27. The fraction of sp³-hybridized carbons (Fsp3) is 0.231. The molecular weight excluding hydrogens is 207 g/mol. The number of rotatable bonds is 1. The zero-order chi connectivity index (χ0) is 11.0. The fourth-order valence-corrected chi connectivity index (χ4v) is 1.99. The molecule has 3 rings (SSSR count). The van der Waals surface area contributed by atoms with Crippen LogP contribution in [-0.4, -0.2) is 13.2 Å². The van der Waals surface area contributed by atoms with Crippen LogP contribution in [0, 0.1) is 5.82 Å². The molecule has 2 nitrogen and oxygen atoms in total. The van der Waals surface area contributed by atoms with Crippen LogP contribution < -0.4 is 0 Å². The first-order valence-electron chi connectivity index (χ1n) is 5.27. The maximum absolute atomic E-state index is 13.3. The average Bonchev–Trinajstić information content (AvgIpc) is 2.87. The van der Waals surface area contributed by atoms with Gasteiger partial charge in [-0.1, -0.05) is 0 Å². The Balaban J connectivity index is 2.14. The summed E-state index contributed by atoms with van der Waals surface area (Å²) in [5.74, 6) is -0.236. The predicted molar refractivity (Wildman–Crippen MR) is 59.6 cm³/mol. The summed E-state index contributed by atoms with van der Waals surface area (Å²) in [5, 5.41) is 0.797. The Labute approximate surface area is 92.3 Å². The molecule has 0 bridgehead atoms. The van der Waals surface area contributed by atoms with E-state index in [1.807, 2.05) is 6.08 Å². The smallest absolute Gasteiger partial charge is 0.141 e. The van der Waals surface area contributed by atoms with E-state index >= 15 is 0 Å². The van der Waals surface area contributed by atoms with Crippen molar-refractivity contribution in [3.8, 4) is 0 Å². The summed E-state index contributed by atoms with van der Waals surface area (Å²) >= 11 is 0. The van der Waals surface area contributed by atoms with E-state index < -0.39 is 0 Å². The molecule has 0 spiro atoms. The topological polar surface area (TPSA) is 22.4 Å². The van der Waals surface area contributed by atoms with Crippen LogP contribution in [0.2, 0.25) is 0 Å². The van der Waals surface area contributed by atoms with Crippen molar-refractivity contribution in [3.63, 3.8) is 0 Å². The van der Waals surface area contributed by atoms with E-state index in [2.05, 4.69) is 0 Å². The maximum atomic E-state index is 13.3. The molecule has 0 radical (unpaired) electrons. The van der Waals surface area contributed by atoms with Gasteiger partial charge in [0.25, 0.3) is 0 Å². The van der Waals surface area contributed by atoms with Gasteiger partial charge in [-0.3, -0.25) is 0 Å². The number of furan rings is 1. The molecule has 1 fully saturated rings. The monoisotopic (exact) mass is 218 g/mol. The molecule has 2 aromatic rings. The van der Waals surface area contributed by atoms with Gasteiger partial charge in [-0.05, 0) is 36.3 Å². The lowest BCUT2D eigenvalue weighted by molar-refractivity contribution is 0.205. The summed E-state index contributed by atoms with van der Waals surface area (Å²) in [6.45, 7) is 1.39. The first-order chi connectivity index (χ1) is 7.83. The number of ether oxygens (including phenoxy) is 1. The highest BCUT2D eigenvalue weighted by atomic mass is 19.1. The van der Waals surface area contributed by atoms with E-state index in [9.17, 15) is 4.39 Å². The van der Waals surface area contributed by atoms with Crippen molar-refractivity contribution in [2.45, 2.75) is 6.42 Å². The van der Waals surface area contributed by atoms with Gasteiger partial charge in [0.05, 0.1) is 19.5 Å². The minimum Gasteiger partial charge on any atom is -0.464 e. The third-order valence-electron chi connectivity index (χ3n) is 2.76. The van der Waals surface area contributed by atoms with Gasteiger partial charge in [-0.25, -0.2) is 4.39 Å². The second kappa shape index (κ2) is 3.76. The molecule has 0 saturated carbocycles. The van der Waals surface area contributed by atoms with E-state index in [4.69, 9.17) is 9.15 Å². The lowest BCUT2D eigenvalue weighted by Crippen LogP contribution is -1.84. The molecule has 16 heavy (non-hydrogen) atoms. The standard InChI is InChI=1S/C13H11FO2/c14-12-6-10-2-4-16-13(10)11(7-12)5-9-1-3-15-8-9/h2,4-7H,1,3,8H2/b9-5-. The van der Waals surface area contributed by atoms with Crippen LogP contribution in [0.25, 0.3) is 17.0 Å². The second-order valence-electron chi connectivity index (χ2n) is 3.94. The van der Waals surface area contributed by atoms with Gasteiger partial charge in [0.2, 0.25) is 0 Å². The van der Waals surface area contributed by atoms with Crippen LogP contribution in [0.4, 0.5) is 4.39 Å². The highest BCUT2D eigenvalue weighted by Gasteiger charge is 2.10. The summed E-state index contributed by atoms with van der Waals surface area (Å²) in [4.78, 5) is 0. The van der Waals surface area contributed by atoms with Crippen molar-refractivity contribution in [1.82, 2.24) is 0 Å². The highest BCUT2D eigenvalue weighted by Crippen LogP contribution is 2.25. The van der Waals surface area contributed by atoms with Crippen LogP contribution in [0.15, 0.2) is 34.5 Å². The van der Waals surface area contributed by atoms with Crippen LogP contribution in [0.1, 0.15) is 12.0 Å². The Bertz CT molecular complexity index is 546. The third kappa shape index (κ3) is 1.63. The van der Waals surface area contributed by atoms with Gasteiger partial charge >= 0.3 is 0 Å². The van der Waals surface area contributed by atoms with Crippen LogP contribution >= 0.6 is 0 Å². The van der Waals surface area contributed by atoms with Crippen molar-refractivity contribution in [1.29, 1.82) is 0 Å². The van der Waals surface area contributed by atoms with Crippen molar-refractivity contribution in [3.05, 3.63) is 41.4 Å². The van der Waals surface area contributed by atoms with Crippen molar-refractivity contribution in [2.24, 2.45) is 0 Å². The molecule has 1 aromatic heterocycles. The van der Waals surface area contributed by atoms with Crippen molar-refractivity contribution < 1.29 is 13.5 Å². The lowest BCUT2D eigenvalue weighted by Gasteiger charge is -1.99. The summed E-state index contributed by atoms with van der Waals surface area (Å²) in [6.07, 6.45) is 4.46. The zero-order valence-electron chi connectivity index (χ0n) is 8.70. The molecule has 1 saturated heterocycles. The van der Waals surface area contributed by atoms with Crippen molar-refractivity contribution in [2.75, 3.05) is 13.2 Å². The molecule has 1 aliphatic rings. The van der Waals surface area contributed by atoms with E-state index in [0.717, 1.165) is 29.6 Å². The van der Waals surface area contributed by atoms with Gasteiger partial charge < -0.3 is 9.15 Å². The lowest BCUT2D eigenvalue weighted by atomic mass is 10.1. The van der Waals surface area contributed by atoms with Gasteiger partial charge in [-0.2, -0.15) is 0 Å². The SMILES string of the molecule is Fc1cc(/C=C2/CCOC2)c2occc2c1. The number of halogens is 1. The summed E-state index contributed by atoms with van der Waals surface area (Å²) in [7, 11) is 0. The Hall–Kier alpha value is -1.61. The van der Waals surface area contributed by atoms with Gasteiger partial charge in [-0.15, -0.1) is 0 Å². The first kappa shape index (κ1) is 9.60. The van der Waals surface area contributed by atoms with Crippen LogP contribution in [-0.2, 0) is 4.74 Å². The fourth-order valence-electron chi connectivity index (χ4n) is 1.99. The Morgan fingerprint density at radius 3 is 3.06 bits per heavy atom. The second-order valence-corrected chi connectivity index (χ2v) is 3.94. The normalized spacial score (nSPS) is 18.7. The van der Waals surface area contributed by atoms with E-state index in [-0.39, 0.29) is 5.82 Å². The van der Waals surface area contributed by atoms with Crippen LogP contribution in [0.3, 0.4) is 0 Å². The Kier molecular flexibility index (Phi) is 2.26. The van der Waals surface area contributed by atoms with Gasteiger partial charge in [0, 0.05) is 10.9 Å². The van der Waals surface area contributed by atoms with Crippen molar-refractivity contribution >= 4 is 17.0 Å². The summed E-state index contributed by atoms with van der Waals surface area (Å²) in [5.41, 5.74) is 2.71. The number of hydrogen-bond donors (Lipinski definition) is 0. The number of benzene rings is 1. The third-order valence-corrected chi connectivity index (χ3v) is 2.76. The molecule has 0 unspecified atom stereocenters. The average molecular weight is 218 g/mol. The maximum Gasteiger partial charge on any atom is 0.141 e. The summed E-state index contributed by atoms with van der Waals surface area (Å²) < 4.78 is 24.0. The molecule has 82 valence electrons. The molecule has 0 amide bonds. The Morgan fingerprint density at radius 1 is 1.31 bits per heavy atom. The highest BCUT2D eigenvalue weighted by molar-refractivity contribution is 5.86.